The molecule has 0 radical (unpaired) electrons. The van der Waals surface area contributed by atoms with Gasteiger partial charge in [0.2, 0.25) is 5.91 Å². The van der Waals surface area contributed by atoms with Gasteiger partial charge >= 0.3 is 0 Å². The summed E-state index contributed by atoms with van der Waals surface area (Å²) in [4.78, 5) is 33.7. The van der Waals surface area contributed by atoms with Crippen molar-refractivity contribution < 1.29 is 4.79 Å². The summed E-state index contributed by atoms with van der Waals surface area (Å²) in [5, 5.41) is 12.4. The van der Waals surface area contributed by atoms with E-state index in [0.29, 0.717) is 34.5 Å². The van der Waals surface area contributed by atoms with Gasteiger partial charge in [-0.15, -0.1) is 0 Å². The molecule has 0 spiro atoms. The Morgan fingerprint density at radius 2 is 1.96 bits per heavy atom. The summed E-state index contributed by atoms with van der Waals surface area (Å²) >= 11 is 0. The summed E-state index contributed by atoms with van der Waals surface area (Å²) in [5.41, 5.74) is 1.29. The number of hydrogen-bond acceptors (Lipinski definition) is 5. The van der Waals surface area contributed by atoms with Crippen LogP contribution in [0.15, 0.2) is 53.3 Å². The zero-order chi connectivity index (χ0) is 19.4. The number of para-hydroxylation sites is 2. The molecule has 7 nitrogen and oxygen atoms in total. The van der Waals surface area contributed by atoms with E-state index in [1.165, 1.54) is 0 Å². The number of likely N-dealkylation sites (N-methyl/N-ethyl adjacent to an activating group) is 1. The van der Waals surface area contributed by atoms with Crippen LogP contribution in [0.2, 0.25) is 0 Å². The van der Waals surface area contributed by atoms with Crippen LogP contribution in [0.3, 0.4) is 0 Å². The number of carbonyl (C=O) groups is 1. The topological polar surface area (TPSA) is 102 Å². The molecule has 3 rings (SSSR count). The number of aromatic nitrogens is 2. The van der Waals surface area contributed by atoms with Crippen LogP contribution in [0.25, 0.3) is 10.9 Å². The van der Waals surface area contributed by atoms with Gasteiger partial charge in [0.1, 0.15) is 11.9 Å². The number of anilines is 1. The highest BCUT2D eigenvalue weighted by Crippen LogP contribution is 2.15. The Hall–Kier alpha value is -3.50. The van der Waals surface area contributed by atoms with Crippen molar-refractivity contribution in [2.45, 2.75) is 19.5 Å². The van der Waals surface area contributed by atoms with E-state index in [-0.39, 0.29) is 11.5 Å². The molecular formula is C20H19N5O2. The van der Waals surface area contributed by atoms with Crippen LogP contribution in [-0.4, -0.2) is 33.9 Å². The van der Waals surface area contributed by atoms with Crippen LogP contribution in [0.5, 0.6) is 0 Å². The first kappa shape index (κ1) is 18.3. The molecule has 2 N–H and O–H groups in total. The summed E-state index contributed by atoms with van der Waals surface area (Å²) in [6, 6.07) is 15.5. The molecule has 0 saturated carbocycles. The molecule has 0 unspecified atom stereocenters. The number of carbonyl (C=O) groups excluding carboxylic acids is 1. The summed E-state index contributed by atoms with van der Waals surface area (Å²) in [6.45, 7) is 2.05. The highest BCUT2D eigenvalue weighted by Gasteiger charge is 2.20. The van der Waals surface area contributed by atoms with E-state index in [2.05, 4.69) is 21.4 Å². The number of aromatic amines is 1. The number of benzene rings is 2. The number of hydrogen-bond donors (Lipinski definition) is 2. The van der Waals surface area contributed by atoms with Gasteiger partial charge in [0.15, 0.2) is 0 Å². The van der Waals surface area contributed by atoms with Gasteiger partial charge in [-0.2, -0.15) is 5.26 Å². The van der Waals surface area contributed by atoms with Crippen LogP contribution < -0.4 is 10.9 Å². The molecular weight excluding hydrogens is 342 g/mol. The van der Waals surface area contributed by atoms with Crippen molar-refractivity contribution in [2.24, 2.45) is 0 Å². The van der Waals surface area contributed by atoms with Crippen molar-refractivity contribution in [3.05, 3.63) is 70.3 Å². The highest BCUT2D eigenvalue weighted by molar-refractivity contribution is 5.95. The van der Waals surface area contributed by atoms with Gasteiger partial charge in [-0.1, -0.05) is 24.3 Å². The van der Waals surface area contributed by atoms with E-state index >= 15 is 0 Å². The number of nitriles is 1. The molecule has 1 heterocycles. The van der Waals surface area contributed by atoms with E-state index in [9.17, 15) is 9.59 Å². The first-order valence-corrected chi connectivity index (χ1v) is 8.47. The molecule has 136 valence electrons. The summed E-state index contributed by atoms with van der Waals surface area (Å²) in [7, 11) is 1.77. The van der Waals surface area contributed by atoms with Gasteiger partial charge in [-0.3, -0.25) is 14.5 Å². The Labute approximate surface area is 156 Å². The maximum absolute atomic E-state index is 12.5. The van der Waals surface area contributed by atoms with Gasteiger partial charge in [-0.25, -0.2) is 4.98 Å². The van der Waals surface area contributed by atoms with E-state index in [4.69, 9.17) is 5.26 Å². The first-order valence-electron chi connectivity index (χ1n) is 8.47. The lowest BCUT2D eigenvalue weighted by Gasteiger charge is -2.23. The average molecular weight is 361 g/mol. The standard InChI is InChI=1S/C20H19N5O2/c1-13(19(26)23-16-9-5-3-7-14(16)11-21)25(2)12-18-22-17-10-6-4-8-15(17)20(27)24-18/h3-10,13H,12H2,1-2H3,(H,23,26)(H,22,24,27)/t13-/m1/s1. The minimum Gasteiger partial charge on any atom is -0.324 e. The Bertz CT molecular complexity index is 1080. The van der Waals surface area contributed by atoms with E-state index in [1.54, 1.807) is 61.3 Å². The minimum atomic E-state index is -0.492. The molecule has 0 saturated heterocycles. The highest BCUT2D eigenvalue weighted by atomic mass is 16.2. The van der Waals surface area contributed by atoms with Gasteiger partial charge in [0.05, 0.1) is 34.7 Å². The minimum absolute atomic E-state index is 0.205. The van der Waals surface area contributed by atoms with Crippen molar-refractivity contribution in [3.8, 4) is 6.07 Å². The summed E-state index contributed by atoms with van der Waals surface area (Å²) in [5.74, 6) is 0.238. The number of H-pyrrole nitrogens is 1. The summed E-state index contributed by atoms with van der Waals surface area (Å²) < 4.78 is 0. The lowest BCUT2D eigenvalue weighted by molar-refractivity contribution is -0.120. The smallest absolute Gasteiger partial charge is 0.258 e. The molecule has 1 amide bonds. The SMILES string of the molecule is C[C@H](C(=O)Nc1ccccc1C#N)N(C)Cc1nc2ccccc2c(=O)[nH]1. The van der Waals surface area contributed by atoms with E-state index in [0.717, 1.165) is 0 Å². The van der Waals surface area contributed by atoms with Crippen LogP contribution in [0.4, 0.5) is 5.69 Å². The molecule has 0 bridgehead atoms. The maximum Gasteiger partial charge on any atom is 0.258 e. The molecule has 7 heteroatoms. The second-order valence-electron chi connectivity index (χ2n) is 6.27. The van der Waals surface area contributed by atoms with Crippen LogP contribution in [0, 0.1) is 11.3 Å². The average Bonchev–Trinajstić information content (AvgIpc) is 2.67. The third-order valence-electron chi connectivity index (χ3n) is 4.41. The van der Waals surface area contributed by atoms with Crippen LogP contribution in [-0.2, 0) is 11.3 Å². The molecule has 1 aromatic heterocycles. The van der Waals surface area contributed by atoms with Crippen LogP contribution >= 0.6 is 0 Å². The zero-order valence-corrected chi connectivity index (χ0v) is 15.1. The molecule has 0 fully saturated rings. The number of nitrogens with zero attached hydrogens (tertiary/aromatic N) is 3. The summed E-state index contributed by atoms with van der Waals surface area (Å²) in [6.07, 6.45) is 0. The second-order valence-corrected chi connectivity index (χ2v) is 6.27. The zero-order valence-electron chi connectivity index (χ0n) is 15.1. The Kier molecular flexibility index (Phi) is 5.29. The fourth-order valence-electron chi connectivity index (χ4n) is 2.71. The van der Waals surface area contributed by atoms with Crippen molar-refractivity contribution in [2.75, 3.05) is 12.4 Å². The Morgan fingerprint density at radius 1 is 1.26 bits per heavy atom. The number of fused-ring (bicyclic) bond motifs is 1. The number of rotatable bonds is 5. The molecule has 0 aliphatic heterocycles. The number of amides is 1. The molecule has 1 atom stereocenters. The lowest BCUT2D eigenvalue weighted by Crippen LogP contribution is -2.39. The van der Waals surface area contributed by atoms with Crippen molar-refractivity contribution in [1.82, 2.24) is 14.9 Å². The van der Waals surface area contributed by atoms with Gasteiger partial charge in [0, 0.05) is 0 Å². The monoisotopic (exact) mass is 361 g/mol. The van der Waals surface area contributed by atoms with Gasteiger partial charge < -0.3 is 10.3 Å². The van der Waals surface area contributed by atoms with Gasteiger partial charge in [-0.05, 0) is 38.2 Å². The van der Waals surface area contributed by atoms with E-state index < -0.39 is 6.04 Å². The fourth-order valence-corrected chi connectivity index (χ4v) is 2.71. The molecule has 3 aromatic rings. The Morgan fingerprint density at radius 3 is 2.74 bits per heavy atom. The second kappa shape index (κ2) is 7.81. The van der Waals surface area contributed by atoms with Gasteiger partial charge in [0.25, 0.3) is 5.56 Å². The molecule has 2 aromatic carbocycles. The molecule has 27 heavy (non-hydrogen) atoms. The maximum atomic E-state index is 12.5. The number of nitrogens with one attached hydrogen (secondary N) is 2. The quantitative estimate of drug-likeness (QED) is 0.726. The third-order valence-corrected chi connectivity index (χ3v) is 4.41. The molecule has 0 aliphatic carbocycles. The van der Waals surface area contributed by atoms with Crippen molar-refractivity contribution in [3.63, 3.8) is 0 Å². The lowest BCUT2D eigenvalue weighted by atomic mass is 10.2. The largest absolute Gasteiger partial charge is 0.324 e. The predicted octanol–water partition coefficient (Wildman–Crippen LogP) is 2.25. The van der Waals surface area contributed by atoms with E-state index in [1.807, 2.05) is 6.07 Å². The van der Waals surface area contributed by atoms with Crippen molar-refractivity contribution in [1.29, 1.82) is 5.26 Å². The Balaban J connectivity index is 1.74. The predicted molar refractivity (Wildman–Crippen MR) is 103 cm³/mol. The molecule has 0 aliphatic rings. The van der Waals surface area contributed by atoms with Crippen molar-refractivity contribution >= 4 is 22.5 Å². The van der Waals surface area contributed by atoms with Crippen LogP contribution in [0.1, 0.15) is 18.3 Å². The fraction of sp³-hybridized carbons (Fsp3) is 0.200. The first-order chi connectivity index (χ1) is 13.0. The normalized spacial score (nSPS) is 11.9. The third kappa shape index (κ3) is 4.02.